The Morgan fingerprint density at radius 1 is 1.28 bits per heavy atom. The quantitative estimate of drug-likeness (QED) is 0.739. The molecule has 0 aromatic heterocycles. The maximum atomic E-state index is 11.9. The molecule has 0 aliphatic heterocycles. The first kappa shape index (κ1) is 14.2. The van der Waals surface area contributed by atoms with E-state index in [0.29, 0.717) is 5.69 Å². The van der Waals surface area contributed by atoms with Crippen molar-refractivity contribution in [1.82, 2.24) is 0 Å². The van der Waals surface area contributed by atoms with Crippen LogP contribution in [0.4, 0.5) is 5.69 Å². The second-order valence-corrected chi connectivity index (χ2v) is 4.46. The monoisotopic (exact) mass is 250 g/mol. The molecule has 1 unspecified atom stereocenters. The third-order valence-electron chi connectivity index (χ3n) is 2.79. The van der Waals surface area contributed by atoms with E-state index in [0.717, 1.165) is 0 Å². The maximum Gasteiger partial charge on any atom is 0.335 e. The minimum absolute atomic E-state index is 0.143. The highest BCUT2D eigenvalue weighted by Crippen LogP contribution is 2.14. The van der Waals surface area contributed by atoms with E-state index in [9.17, 15) is 9.59 Å². The van der Waals surface area contributed by atoms with E-state index in [-0.39, 0.29) is 29.9 Å². The number of carbonyl (C=O) groups is 2. The Labute approximate surface area is 106 Å². The van der Waals surface area contributed by atoms with Crippen molar-refractivity contribution in [3.05, 3.63) is 29.8 Å². The van der Waals surface area contributed by atoms with Gasteiger partial charge in [0.2, 0.25) is 5.91 Å². The Morgan fingerprint density at radius 3 is 2.22 bits per heavy atom. The van der Waals surface area contributed by atoms with Gasteiger partial charge in [0, 0.05) is 12.2 Å². The van der Waals surface area contributed by atoms with E-state index in [1.165, 1.54) is 12.1 Å². The van der Waals surface area contributed by atoms with E-state index in [1.54, 1.807) is 12.1 Å². The van der Waals surface area contributed by atoms with Crippen LogP contribution in [0.15, 0.2) is 24.3 Å². The van der Waals surface area contributed by atoms with Crippen LogP contribution in [0, 0.1) is 11.8 Å². The van der Waals surface area contributed by atoms with Gasteiger partial charge in [0.15, 0.2) is 0 Å². The van der Waals surface area contributed by atoms with Crippen LogP contribution in [0.2, 0.25) is 0 Å². The topological polar surface area (TPSA) is 92.4 Å². The average Bonchev–Trinajstić information content (AvgIpc) is 2.29. The molecule has 5 heteroatoms. The predicted octanol–water partition coefficient (Wildman–Crippen LogP) is 1.55. The molecule has 0 aliphatic rings. The first-order valence-corrected chi connectivity index (χ1v) is 5.80. The number of aromatic carboxylic acids is 1. The summed E-state index contributed by atoms with van der Waals surface area (Å²) in [6.45, 7) is 4.16. The lowest BCUT2D eigenvalue weighted by molar-refractivity contribution is -0.120. The smallest absolute Gasteiger partial charge is 0.335 e. The molecule has 5 nitrogen and oxygen atoms in total. The van der Waals surface area contributed by atoms with Crippen molar-refractivity contribution in [1.29, 1.82) is 0 Å². The van der Waals surface area contributed by atoms with Gasteiger partial charge in [0.25, 0.3) is 0 Å². The summed E-state index contributed by atoms with van der Waals surface area (Å²) in [6.07, 6.45) is 0. The molecule has 0 saturated heterocycles. The Kier molecular flexibility index (Phi) is 4.85. The normalized spacial score (nSPS) is 12.2. The van der Waals surface area contributed by atoms with Crippen molar-refractivity contribution < 1.29 is 14.7 Å². The van der Waals surface area contributed by atoms with E-state index in [1.807, 2.05) is 13.8 Å². The van der Waals surface area contributed by atoms with Gasteiger partial charge in [-0.3, -0.25) is 4.79 Å². The number of hydrogen-bond donors (Lipinski definition) is 3. The Hall–Kier alpha value is -1.88. The van der Waals surface area contributed by atoms with Gasteiger partial charge in [0.05, 0.1) is 11.5 Å². The fourth-order valence-corrected chi connectivity index (χ4v) is 1.61. The molecular weight excluding hydrogens is 232 g/mol. The number of carbonyl (C=O) groups excluding carboxylic acids is 1. The number of carboxylic acids is 1. The molecule has 0 spiro atoms. The van der Waals surface area contributed by atoms with Crippen molar-refractivity contribution in [3.8, 4) is 0 Å². The molecule has 98 valence electrons. The van der Waals surface area contributed by atoms with Gasteiger partial charge in [0.1, 0.15) is 0 Å². The fourth-order valence-electron chi connectivity index (χ4n) is 1.61. The van der Waals surface area contributed by atoms with Crippen LogP contribution in [-0.4, -0.2) is 23.5 Å². The van der Waals surface area contributed by atoms with Gasteiger partial charge in [-0.25, -0.2) is 4.79 Å². The van der Waals surface area contributed by atoms with Crippen LogP contribution in [0.25, 0.3) is 0 Å². The highest BCUT2D eigenvalue weighted by molar-refractivity contribution is 5.94. The summed E-state index contributed by atoms with van der Waals surface area (Å²) in [5.41, 5.74) is 6.31. The van der Waals surface area contributed by atoms with E-state index in [2.05, 4.69) is 5.32 Å². The number of anilines is 1. The van der Waals surface area contributed by atoms with Gasteiger partial charge in [-0.05, 0) is 30.2 Å². The minimum atomic E-state index is -0.991. The van der Waals surface area contributed by atoms with Crippen LogP contribution in [-0.2, 0) is 4.79 Å². The van der Waals surface area contributed by atoms with Crippen LogP contribution >= 0.6 is 0 Å². The molecule has 0 heterocycles. The van der Waals surface area contributed by atoms with Gasteiger partial charge in [-0.1, -0.05) is 13.8 Å². The third kappa shape index (κ3) is 3.56. The third-order valence-corrected chi connectivity index (χ3v) is 2.79. The second kappa shape index (κ2) is 6.16. The molecule has 1 aromatic rings. The largest absolute Gasteiger partial charge is 0.478 e. The summed E-state index contributed by atoms with van der Waals surface area (Å²) < 4.78 is 0. The second-order valence-electron chi connectivity index (χ2n) is 4.46. The molecule has 0 aliphatic carbocycles. The summed E-state index contributed by atoms with van der Waals surface area (Å²) in [7, 11) is 0. The van der Waals surface area contributed by atoms with Gasteiger partial charge in [-0.15, -0.1) is 0 Å². The van der Waals surface area contributed by atoms with E-state index in [4.69, 9.17) is 10.8 Å². The van der Waals surface area contributed by atoms with Crippen molar-refractivity contribution >= 4 is 17.6 Å². The van der Waals surface area contributed by atoms with Gasteiger partial charge >= 0.3 is 5.97 Å². The molecular formula is C13H18N2O3. The minimum Gasteiger partial charge on any atom is -0.478 e. The lowest BCUT2D eigenvalue weighted by Crippen LogP contribution is -2.33. The van der Waals surface area contributed by atoms with E-state index >= 15 is 0 Å². The zero-order valence-corrected chi connectivity index (χ0v) is 10.5. The number of nitrogens with two attached hydrogens (primary N) is 1. The van der Waals surface area contributed by atoms with Crippen LogP contribution in [0.1, 0.15) is 24.2 Å². The molecule has 18 heavy (non-hydrogen) atoms. The zero-order valence-electron chi connectivity index (χ0n) is 10.5. The Bertz CT molecular complexity index is 426. The molecule has 1 amide bonds. The highest BCUT2D eigenvalue weighted by Gasteiger charge is 2.20. The Morgan fingerprint density at radius 2 is 1.83 bits per heavy atom. The van der Waals surface area contributed by atoms with Gasteiger partial charge < -0.3 is 16.2 Å². The lowest BCUT2D eigenvalue weighted by atomic mass is 9.95. The molecule has 1 aromatic carbocycles. The number of rotatable bonds is 5. The highest BCUT2D eigenvalue weighted by atomic mass is 16.4. The van der Waals surface area contributed by atoms with Crippen LogP contribution in [0.3, 0.4) is 0 Å². The molecule has 4 N–H and O–H groups in total. The number of hydrogen-bond acceptors (Lipinski definition) is 3. The summed E-state index contributed by atoms with van der Waals surface area (Å²) in [5, 5.41) is 11.5. The van der Waals surface area contributed by atoms with Gasteiger partial charge in [-0.2, -0.15) is 0 Å². The first-order valence-electron chi connectivity index (χ1n) is 5.80. The molecule has 0 radical (unpaired) electrons. The van der Waals surface area contributed by atoms with E-state index < -0.39 is 5.97 Å². The molecule has 0 fully saturated rings. The summed E-state index contributed by atoms with van der Waals surface area (Å²) in [6, 6.07) is 6.03. The molecule has 1 rings (SSSR count). The SMILES string of the molecule is CC(C)C(CN)C(=O)Nc1ccc(C(=O)O)cc1. The average molecular weight is 250 g/mol. The van der Waals surface area contributed by atoms with Crippen molar-refractivity contribution in [3.63, 3.8) is 0 Å². The van der Waals surface area contributed by atoms with Crippen molar-refractivity contribution in [2.45, 2.75) is 13.8 Å². The summed E-state index contributed by atoms with van der Waals surface area (Å²) in [4.78, 5) is 22.6. The summed E-state index contributed by atoms with van der Waals surface area (Å²) >= 11 is 0. The molecule has 1 atom stereocenters. The standard InChI is InChI=1S/C13H18N2O3/c1-8(2)11(7-14)12(16)15-10-5-3-9(4-6-10)13(17)18/h3-6,8,11H,7,14H2,1-2H3,(H,15,16)(H,17,18). The first-order chi connectivity index (χ1) is 8.45. The predicted molar refractivity (Wildman–Crippen MR) is 69.4 cm³/mol. The van der Waals surface area contributed by atoms with Crippen molar-refractivity contribution in [2.75, 3.05) is 11.9 Å². The van der Waals surface area contributed by atoms with Crippen LogP contribution < -0.4 is 11.1 Å². The van der Waals surface area contributed by atoms with Crippen LogP contribution in [0.5, 0.6) is 0 Å². The summed E-state index contributed by atoms with van der Waals surface area (Å²) in [5.74, 6) is -1.22. The van der Waals surface area contributed by atoms with Crippen molar-refractivity contribution in [2.24, 2.45) is 17.6 Å². The number of amides is 1. The molecule has 0 saturated carbocycles. The molecule has 0 bridgehead atoms. The lowest BCUT2D eigenvalue weighted by Gasteiger charge is -2.18. The maximum absolute atomic E-state index is 11.9. The fraction of sp³-hybridized carbons (Fsp3) is 0.385. The number of benzene rings is 1. The Balaban J connectivity index is 2.73. The number of nitrogens with one attached hydrogen (secondary N) is 1. The number of carboxylic acid groups (broad SMARTS) is 1. The zero-order chi connectivity index (χ0) is 13.7.